The first-order valence-electron chi connectivity index (χ1n) is 10.4. The highest BCUT2D eigenvalue weighted by Gasteiger charge is 2.34. The van der Waals surface area contributed by atoms with Crippen molar-refractivity contribution in [3.8, 4) is 0 Å². The van der Waals surface area contributed by atoms with Crippen molar-refractivity contribution in [2.45, 2.75) is 98.7 Å². The van der Waals surface area contributed by atoms with Crippen LogP contribution in [0.25, 0.3) is 0 Å². The van der Waals surface area contributed by atoms with Gasteiger partial charge in [-0.2, -0.15) is 0 Å². The predicted molar refractivity (Wildman–Crippen MR) is 114 cm³/mol. The highest BCUT2D eigenvalue weighted by molar-refractivity contribution is 5.93. The van der Waals surface area contributed by atoms with Crippen molar-refractivity contribution in [2.75, 3.05) is 6.54 Å². The lowest BCUT2D eigenvalue weighted by Gasteiger charge is -2.34. The Labute approximate surface area is 171 Å². The van der Waals surface area contributed by atoms with Gasteiger partial charge in [0, 0.05) is 17.5 Å². The molecule has 0 heterocycles. The first-order valence-corrected chi connectivity index (χ1v) is 10.4. The van der Waals surface area contributed by atoms with Crippen molar-refractivity contribution in [1.29, 1.82) is 0 Å². The van der Waals surface area contributed by atoms with E-state index in [1.807, 2.05) is 34.6 Å². The SMILES string of the molecule is CCCC(C)(C)NC(C(=O)NC(CCCNC(N)=O)C(=O)C(C)(C)C)C(C)C. The van der Waals surface area contributed by atoms with E-state index in [-0.39, 0.29) is 29.2 Å². The Morgan fingerprint density at radius 1 is 1.04 bits per heavy atom. The number of nitrogens with two attached hydrogens (primary N) is 1. The first-order chi connectivity index (χ1) is 12.7. The van der Waals surface area contributed by atoms with Crippen molar-refractivity contribution in [1.82, 2.24) is 16.0 Å². The molecule has 2 unspecified atom stereocenters. The molecule has 0 aliphatic rings. The normalized spacial score (nSPS) is 14.5. The molecule has 0 rings (SSSR count). The Morgan fingerprint density at radius 2 is 1.61 bits per heavy atom. The molecule has 164 valence electrons. The van der Waals surface area contributed by atoms with E-state index in [0.717, 1.165) is 12.8 Å². The van der Waals surface area contributed by atoms with E-state index in [4.69, 9.17) is 5.73 Å². The van der Waals surface area contributed by atoms with Gasteiger partial charge < -0.3 is 21.7 Å². The van der Waals surface area contributed by atoms with Crippen LogP contribution in [0.3, 0.4) is 0 Å². The van der Waals surface area contributed by atoms with Gasteiger partial charge in [0.15, 0.2) is 5.78 Å². The van der Waals surface area contributed by atoms with Crippen LogP contribution in [0.4, 0.5) is 4.79 Å². The third kappa shape index (κ3) is 10.1. The number of rotatable bonds is 12. The smallest absolute Gasteiger partial charge is 0.312 e. The molecule has 0 saturated heterocycles. The Balaban J connectivity index is 5.24. The Morgan fingerprint density at radius 3 is 2.04 bits per heavy atom. The summed E-state index contributed by atoms with van der Waals surface area (Å²) in [5.41, 5.74) is 4.34. The zero-order valence-corrected chi connectivity index (χ0v) is 19.1. The molecule has 0 aromatic carbocycles. The Bertz CT molecular complexity index is 524. The molecule has 7 nitrogen and oxygen atoms in total. The lowest BCUT2D eigenvalue weighted by atomic mass is 9.84. The van der Waals surface area contributed by atoms with Gasteiger partial charge in [-0.1, -0.05) is 48.0 Å². The molecule has 0 radical (unpaired) electrons. The minimum Gasteiger partial charge on any atom is -0.352 e. The molecule has 5 N–H and O–H groups in total. The Hall–Kier alpha value is -1.63. The summed E-state index contributed by atoms with van der Waals surface area (Å²) >= 11 is 0. The van der Waals surface area contributed by atoms with Gasteiger partial charge in [0.2, 0.25) is 5.91 Å². The summed E-state index contributed by atoms with van der Waals surface area (Å²) in [7, 11) is 0. The molecular formula is C21H42N4O3. The number of nitrogens with one attached hydrogen (secondary N) is 3. The summed E-state index contributed by atoms with van der Waals surface area (Å²) in [6.45, 7) is 16.2. The van der Waals surface area contributed by atoms with E-state index < -0.39 is 17.5 Å². The Kier molecular flexibility index (Phi) is 10.7. The second-order valence-electron chi connectivity index (χ2n) is 9.61. The van der Waals surface area contributed by atoms with Gasteiger partial charge in [-0.15, -0.1) is 0 Å². The van der Waals surface area contributed by atoms with Gasteiger partial charge in [-0.3, -0.25) is 9.59 Å². The van der Waals surface area contributed by atoms with Gasteiger partial charge in [0.05, 0.1) is 12.1 Å². The average Bonchev–Trinajstić information content (AvgIpc) is 2.53. The molecule has 0 fully saturated rings. The fraction of sp³-hybridized carbons (Fsp3) is 0.857. The molecular weight excluding hydrogens is 356 g/mol. The van der Waals surface area contributed by atoms with Crippen LogP contribution in [-0.4, -0.2) is 41.9 Å². The standard InChI is InChI=1S/C21H42N4O3/c1-9-12-21(7,8)25-16(14(2)3)18(27)24-15(17(26)20(4,5)6)11-10-13-23-19(22)28/h14-16,25H,9-13H2,1-8H3,(H,24,27)(H3,22,23,28). The minimum absolute atomic E-state index is 0.0183. The average molecular weight is 399 g/mol. The fourth-order valence-corrected chi connectivity index (χ4v) is 3.22. The van der Waals surface area contributed by atoms with Gasteiger partial charge in [0.1, 0.15) is 0 Å². The molecule has 2 atom stereocenters. The molecule has 0 aromatic heterocycles. The summed E-state index contributed by atoms with van der Waals surface area (Å²) in [6.07, 6.45) is 2.97. The largest absolute Gasteiger partial charge is 0.352 e. The lowest BCUT2D eigenvalue weighted by Crippen LogP contribution is -2.58. The highest BCUT2D eigenvalue weighted by Crippen LogP contribution is 2.20. The number of hydrogen-bond donors (Lipinski definition) is 4. The maximum Gasteiger partial charge on any atom is 0.312 e. The van der Waals surface area contributed by atoms with Gasteiger partial charge in [0.25, 0.3) is 0 Å². The molecule has 0 spiro atoms. The molecule has 0 aliphatic carbocycles. The van der Waals surface area contributed by atoms with Crippen LogP contribution in [0.5, 0.6) is 0 Å². The second kappa shape index (κ2) is 11.4. The summed E-state index contributed by atoms with van der Waals surface area (Å²) in [6, 6.07) is -1.58. The molecule has 0 aromatic rings. The number of ketones is 1. The van der Waals surface area contributed by atoms with Crippen LogP contribution in [0.15, 0.2) is 0 Å². The van der Waals surface area contributed by atoms with E-state index in [1.165, 1.54) is 0 Å². The molecule has 3 amide bonds. The molecule has 0 saturated carbocycles. The molecule has 0 bridgehead atoms. The number of hydrogen-bond acceptors (Lipinski definition) is 4. The van der Waals surface area contributed by atoms with Crippen LogP contribution < -0.4 is 21.7 Å². The number of primary amides is 1. The third-order valence-electron chi connectivity index (χ3n) is 4.71. The maximum atomic E-state index is 13.0. The van der Waals surface area contributed by atoms with E-state index in [2.05, 4.69) is 36.7 Å². The van der Waals surface area contributed by atoms with E-state index in [1.54, 1.807) is 0 Å². The van der Waals surface area contributed by atoms with Gasteiger partial charge >= 0.3 is 6.03 Å². The minimum atomic E-state index is -0.598. The lowest BCUT2D eigenvalue weighted by molar-refractivity contribution is -0.134. The third-order valence-corrected chi connectivity index (χ3v) is 4.71. The van der Waals surface area contributed by atoms with Crippen molar-refractivity contribution in [2.24, 2.45) is 17.1 Å². The highest BCUT2D eigenvalue weighted by atomic mass is 16.2. The van der Waals surface area contributed by atoms with Crippen molar-refractivity contribution in [3.05, 3.63) is 0 Å². The van der Waals surface area contributed by atoms with Crippen LogP contribution in [-0.2, 0) is 9.59 Å². The molecule has 28 heavy (non-hydrogen) atoms. The van der Waals surface area contributed by atoms with E-state index >= 15 is 0 Å². The van der Waals surface area contributed by atoms with Crippen LogP contribution in [0, 0.1) is 11.3 Å². The van der Waals surface area contributed by atoms with E-state index in [9.17, 15) is 14.4 Å². The molecule has 0 aliphatic heterocycles. The van der Waals surface area contributed by atoms with Gasteiger partial charge in [-0.25, -0.2) is 4.79 Å². The van der Waals surface area contributed by atoms with Crippen molar-refractivity contribution in [3.63, 3.8) is 0 Å². The quantitative estimate of drug-likeness (QED) is 0.379. The summed E-state index contributed by atoms with van der Waals surface area (Å²) < 4.78 is 0. The number of carbonyl (C=O) groups is 3. The fourth-order valence-electron chi connectivity index (χ4n) is 3.22. The van der Waals surface area contributed by atoms with Gasteiger partial charge in [-0.05, 0) is 39.0 Å². The zero-order valence-electron chi connectivity index (χ0n) is 19.1. The van der Waals surface area contributed by atoms with Crippen LogP contribution >= 0.6 is 0 Å². The summed E-state index contributed by atoms with van der Waals surface area (Å²) in [5.74, 6) is -0.0991. The van der Waals surface area contributed by atoms with Crippen LogP contribution in [0.1, 0.15) is 81.1 Å². The second-order valence-corrected chi connectivity index (χ2v) is 9.61. The number of urea groups is 1. The topological polar surface area (TPSA) is 113 Å². The zero-order chi connectivity index (χ0) is 22.1. The molecule has 7 heteroatoms. The monoisotopic (exact) mass is 398 g/mol. The first kappa shape index (κ1) is 26.4. The van der Waals surface area contributed by atoms with E-state index in [0.29, 0.717) is 19.4 Å². The maximum absolute atomic E-state index is 13.0. The van der Waals surface area contributed by atoms with Crippen LogP contribution in [0.2, 0.25) is 0 Å². The predicted octanol–water partition coefficient (Wildman–Crippen LogP) is 2.73. The number of carbonyl (C=O) groups excluding carboxylic acids is 3. The summed E-state index contributed by atoms with van der Waals surface area (Å²) in [5, 5.41) is 8.94. The summed E-state index contributed by atoms with van der Waals surface area (Å²) in [4.78, 5) is 36.7. The van der Waals surface area contributed by atoms with Crippen molar-refractivity contribution >= 4 is 17.7 Å². The number of Topliss-reactive ketones (excluding diaryl/α,β-unsaturated/α-hetero) is 1. The number of amides is 3. The van der Waals surface area contributed by atoms with Crippen molar-refractivity contribution < 1.29 is 14.4 Å².